The molecule has 1 unspecified atom stereocenters. The van der Waals surface area contributed by atoms with Crippen LogP contribution in [0.15, 0.2) is 12.3 Å². The monoisotopic (exact) mass is 277 g/mol. The van der Waals surface area contributed by atoms with Gasteiger partial charge in [-0.1, -0.05) is 20.8 Å². The number of ketones is 1. The molecule has 1 rings (SSSR count). The summed E-state index contributed by atoms with van der Waals surface area (Å²) < 4.78 is 0. The van der Waals surface area contributed by atoms with E-state index in [2.05, 4.69) is 25.8 Å². The topological polar surface area (TPSA) is 82.0 Å². The number of anilines is 1. The van der Waals surface area contributed by atoms with Crippen LogP contribution in [-0.2, 0) is 0 Å². The smallest absolute Gasteiger partial charge is 0.166 e. The minimum atomic E-state index is 0.0828. The number of Topliss-reactive ketones (excluding diaryl/α,β-unsaturated/α-hetero) is 1. The second-order valence-corrected chi connectivity index (χ2v) is 6.49. The zero-order chi connectivity index (χ0) is 15.3. The third-order valence-corrected chi connectivity index (χ3v) is 3.93. The first-order valence-corrected chi connectivity index (χ1v) is 7.21. The van der Waals surface area contributed by atoms with Gasteiger partial charge in [0.05, 0.1) is 5.56 Å². The standard InChI is InChI=1S/C16H27N3O/c1-11-8-10-19-15(18)14(11)13(20)6-5-12(7-9-17)16(2,3)4/h8,10,12H,5-7,9,17H2,1-4H3,(H2,18,19). The Hall–Kier alpha value is -1.42. The molecule has 0 aliphatic heterocycles. The SMILES string of the molecule is Cc1ccnc(N)c1C(=O)CCC(CCN)C(C)(C)C. The molecular weight excluding hydrogens is 250 g/mol. The van der Waals surface area contributed by atoms with Crippen molar-refractivity contribution in [3.63, 3.8) is 0 Å². The third kappa shape index (κ3) is 4.30. The number of nitrogens with zero attached hydrogens (tertiary/aromatic N) is 1. The molecule has 0 saturated heterocycles. The highest BCUT2D eigenvalue weighted by molar-refractivity contribution is 6.01. The van der Waals surface area contributed by atoms with Crippen LogP contribution in [0.5, 0.6) is 0 Å². The van der Waals surface area contributed by atoms with E-state index in [1.165, 1.54) is 0 Å². The van der Waals surface area contributed by atoms with Crippen LogP contribution < -0.4 is 11.5 Å². The average molecular weight is 277 g/mol. The van der Waals surface area contributed by atoms with Gasteiger partial charge >= 0.3 is 0 Å². The highest BCUT2D eigenvalue weighted by Crippen LogP contribution is 2.32. The van der Waals surface area contributed by atoms with Gasteiger partial charge < -0.3 is 11.5 Å². The van der Waals surface area contributed by atoms with Gasteiger partial charge in [-0.05, 0) is 49.3 Å². The predicted molar refractivity (Wildman–Crippen MR) is 83.6 cm³/mol. The van der Waals surface area contributed by atoms with E-state index in [9.17, 15) is 4.79 Å². The van der Waals surface area contributed by atoms with E-state index in [0.29, 0.717) is 30.3 Å². The van der Waals surface area contributed by atoms with Crippen LogP contribution in [0.4, 0.5) is 5.82 Å². The molecule has 112 valence electrons. The summed E-state index contributed by atoms with van der Waals surface area (Å²) in [5.74, 6) is 0.857. The number of carbonyl (C=O) groups excluding carboxylic acids is 1. The number of rotatable bonds is 6. The number of aromatic nitrogens is 1. The van der Waals surface area contributed by atoms with E-state index in [1.54, 1.807) is 6.20 Å². The summed E-state index contributed by atoms with van der Waals surface area (Å²) in [6.45, 7) is 9.14. The molecule has 0 spiro atoms. The fraction of sp³-hybridized carbons (Fsp3) is 0.625. The zero-order valence-electron chi connectivity index (χ0n) is 13.1. The van der Waals surface area contributed by atoms with Gasteiger partial charge in [-0.15, -0.1) is 0 Å². The first-order valence-electron chi connectivity index (χ1n) is 7.21. The molecule has 0 bridgehead atoms. The lowest BCUT2D eigenvalue weighted by atomic mass is 9.75. The van der Waals surface area contributed by atoms with Crippen LogP contribution >= 0.6 is 0 Å². The normalized spacial score (nSPS) is 13.2. The maximum absolute atomic E-state index is 12.4. The van der Waals surface area contributed by atoms with E-state index in [-0.39, 0.29) is 11.2 Å². The van der Waals surface area contributed by atoms with Crippen LogP contribution in [0.1, 0.15) is 56.0 Å². The Kier molecular flexibility index (Phi) is 5.69. The molecule has 4 N–H and O–H groups in total. The first kappa shape index (κ1) is 16.6. The number of carbonyl (C=O) groups is 1. The van der Waals surface area contributed by atoms with E-state index < -0.39 is 0 Å². The lowest BCUT2D eigenvalue weighted by Crippen LogP contribution is -2.24. The molecule has 4 heteroatoms. The number of nitrogens with two attached hydrogens (primary N) is 2. The van der Waals surface area contributed by atoms with Crippen molar-refractivity contribution in [1.82, 2.24) is 4.98 Å². The quantitative estimate of drug-likeness (QED) is 0.783. The Morgan fingerprint density at radius 3 is 2.50 bits per heavy atom. The van der Waals surface area contributed by atoms with Gasteiger partial charge in [0.15, 0.2) is 5.78 Å². The van der Waals surface area contributed by atoms with Crippen molar-refractivity contribution in [3.8, 4) is 0 Å². The minimum Gasteiger partial charge on any atom is -0.383 e. The number of aryl methyl sites for hydroxylation is 1. The summed E-state index contributed by atoms with van der Waals surface area (Å²) in [6, 6.07) is 1.82. The van der Waals surface area contributed by atoms with Crippen molar-refractivity contribution in [2.75, 3.05) is 12.3 Å². The highest BCUT2D eigenvalue weighted by Gasteiger charge is 2.25. The minimum absolute atomic E-state index is 0.0828. The van der Waals surface area contributed by atoms with Crippen molar-refractivity contribution < 1.29 is 4.79 Å². The van der Waals surface area contributed by atoms with Crippen molar-refractivity contribution in [3.05, 3.63) is 23.4 Å². The van der Waals surface area contributed by atoms with Gasteiger partial charge in [-0.2, -0.15) is 0 Å². The van der Waals surface area contributed by atoms with E-state index in [0.717, 1.165) is 18.4 Å². The zero-order valence-corrected chi connectivity index (χ0v) is 13.1. The maximum Gasteiger partial charge on any atom is 0.166 e. The van der Waals surface area contributed by atoms with Crippen LogP contribution in [0.3, 0.4) is 0 Å². The number of nitrogen functional groups attached to an aromatic ring is 1. The average Bonchev–Trinajstić information content (AvgIpc) is 2.32. The summed E-state index contributed by atoms with van der Waals surface area (Å²) in [5, 5.41) is 0. The number of hydrogen-bond donors (Lipinski definition) is 2. The number of pyridine rings is 1. The van der Waals surface area contributed by atoms with E-state index in [1.807, 2.05) is 13.0 Å². The Balaban J connectivity index is 2.76. The van der Waals surface area contributed by atoms with Crippen molar-refractivity contribution in [2.24, 2.45) is 17.1 Å². The summed E-state index contributed by atoms with van der Waals surface area (Å²) in [6.07, 6.45) is 3.91. The summed E-state index contributed by atoms with van der Waals surface area (Å²) in [4.78, 5) is 16.4. The van der Waals surface area contributed by atoms with Gasteiger partial charge in [0.25, 0.3) is 0 Å². The van der Waals surface area contributed by atoms with Gasteiger partial charge in [0.1, 0.15) is 5.82 Å². The maximum atomic E-state index is 12.4. The van der Waals surface area contributed by atoms with Gasteiger partial charge in [-0.25, -0.2) is 4.98 Å². The summed E-state index contributed by atoms with van der Waals surface area (Å²) in [7, 11) is 0. The molecule has 0 aliphatic rings. The van der Waals surface area contributed by atoms with Crippen LogP contribution in [0, 0.1) is 18.3 Å². The van der Waals surface area contributed by atoms with Crippen molar-refractivity contribution in [2.45, 2.75) is 47.0 Å². The number of hydrogen-bond acceptors (Lipinski definition) is 4. The Bertz CT molecular complexity index is 443. The van der Waals surface area contributed by atoms with Crippen molar-refractivity contribution in [1.29, 1.82) is 0 Å². The highest BCUT2D eigenvalue weighted by atomic mass is 16.1. The molecule has 0 saturated carbocycles. The molecule has 0 aliphatic carbocycles. The molecule has 4 nitrogen and oxygen atoms in total. The summed E-state index contributed by atoms with van der Waals surface area (Å²) >= 11 is 0. The molecule has 0 aromatic carbocycles. The van der Waals surface area contributed by atoms with Gasteiger partial charge in [-0.3, -0.25) is 4.79 Å². The Morgan fingerprint density at radius 1 is 1.35 bits per heavy atom. The Morgan fingerprint density at radius 2 is 2.00 bits per heavy atom. The van der Waals surface area contributed by atoms with Crippen LogP contribution in [-0.4, -0.2) is 17.3 Å². The summed E-state index contributed by atoms with van der Waals surface area (Å²) in [5.41, 5.74) is 13.1. The van der Waals surface area contributed by atoms with Crippen LogP contribution in [0.2, 0.25) is 0 Å². The second kappa shape index (κ2) is 6.84. The molecule has 0 amide bonds. The molecule has 0 fully saturated rings. The van der Waals surface area contributed by atoms with Crippen LogP contribution in [0.25, 0.3) is 0 Å². The van der Waals surface area contributed by atoms with E-state index in [4.69, 9.17) is 11.5 Å². The molecular formula is C16H27N3O. The Labute approximate surface area is 122 Å². The largest absolute Gasteiger partial charge is 0.383 e. The van der Waals surface area contributed by atoms with Gasteiger partial charge in [0.2, 0.25) is 0 Å². The first-order chi connectivity index (χ1) is 9.27. The fourth-order valence-corrected chi connectivity index (χ4v) is 2.58. The molecule has 1 aromatic heterocycles. The molecule has 1 aromatic rings. The lowest BCUT2D eigenvalue weighted by Gasteiger charge is -2.30. The second-order valence-electron chi connectivity index (χ2n) is 6.49. The van der Waals surface area contributed by atoms with E-state index >= 15 is 0 Å². The molecule has 0 radical (unpaired) electrons. The van der Waals surface area contributed by atoms with Gasteiger partial charge in [0, 0.05) is 12.6 Å². The lowest BCUT2D eigenvalue weighted by molar-refractivity contribution is 0.0958. The van der Waals surface area contributed by atoms with Crippen molar-refractivity contribution >= 4 is 11.6 Å². The predicted octanol–water partition coefficient (Wildman–Crippen LogP) is 2.95. The fourth-order valence-electron chi connectivity index (χ4n) is 2.58. The molecule has 1 heterocycles. The third-order valence-electron chi connectivity index (χ3n) is 3.93. The molecule has 1 atom stereocenters. The molecule has 20 heavy (non-hydrogen) atoms.